The summed E-state index contributed by atoms with van der Waals surface area (Å²) in [4.78, 5) is 14.4. The molecule has 2 N–H and O–H groups in total. The predicted molar refractivity (Wildman–Crippen MR) is 94.5 cm³/mol. The lowest BCUT2D eigenvalue weighted by Gasteiger charge is -2.39. The number of halogens is 1. The van der Waals surface area contributed by atoms with Crippen LogP contribution < -0.4 is 10.1 Å². The number of thiocarbonyl (C=S) groups is 1. The van der Waals surface area contributed by atoms with Crippen LogP contribution in [0.1, 0.15) is 30.9 Å². The van der Waals surface area contributed by atoms with E-state index in [2.05, 4.69) is 21.2 Å². The second-order valence-corrected chi connectivity index (χ2v) is 6.78. The molecule has 1 aliphatic heterocycles. The van der Waals surface area contributed by atoms with Crippen LogP contribution >= 0.6 is 28.1 Å². The number of phenolic OH excluding ortho intramolecular Hbond substituents is 1. The number of nitrogens with one attached hydrogen (secondary N) is 1. The van der Waals surface area contributed by atoms with Gasteiger partial charge in [0.2, 0.25) is 0 Å². The number of aromatic hydroxyl groups is 1. The summed E-state index contributed by atoms with van der Waals surface area (Å²) in [6, 6.07) is 3.15. The number of ether oxygens (including phenoxy) is 1. The third kappa shape index (κ3) is 2.61. The average molecular weight is 397 g/mol. The number of phenols is 1. The molecule has 1 atom stereocenters. The van der Waals surface area contributed by atoms with Crippen LogP contribution in [0.5, 0.6) is 11.5 Å². The molecule has 0 bridgehead atoms. The van der Waals surface area contributed by atoms with Gasteiger partial charge in [-0.25, -0.2) is 0 Å². The smallest absolute Gasteiger partial charge is 0.173 e. The normalized spacial score (nSPS) is 21.2. The molecule has 0 saturated heterocycles. The van der Waals surface area contributed by atoms with Gasteiger partial charge in [-0.3, -0.25) is 4.79 Å². The first-order valence-electron chi connectivity index (χ1n) is 7.31. The Labute approximate surface area is 148 Å². The summed E-state index contributed by atoms with van der Waals surface area (Å²) in [5.74, 6) is 0.516. The van der Waals surface area contributed by atoms with E-state index in [9.17, 15) is 9.90 Å². The molecular weight excluding hydrogens is 380 g/mol. The van der Waals surface area contributed by atoms with E-state index in [0.29, 0.717) is 21.8 Å². The lowest BCUT2D eigenvalue weighted by molar-refractivity contribution is -0.116. The number of carbonyl (C=O) groups is 1. The van der Waals surface area contributed by atoms with Crippen LogP contribution in [0.15, 0.2) is 27.9 Å². The van der Waals surface area contributed by atoms with Crippen molar-refractivity contribution in [3.8, 4) is 11.5 Å². The second-order valence-electron chi connectivity index (χ2n) is 5.60. The zero-order chi connectivity index (χ0) is 16.7. The van der Waals surface area contributed by atoms with E-state index in [0.717, 1.165) is 29.7 Å². The molecule has 0 fully saturated rings. The predicted octanol–water partition coefficient (Wildman–Crippen LogP) is 3.03. The number of benzene rings is 1. The number of hydrogen-bond donors (Lipinski definition) is 2. The molecule has 0 aromatic heterocycles. The van der Waals surface area contributed by atoms with Gasteiger partial charge < -0.3 is 20.1 Å². The topological polar surface area (TPSA) is 61.8 Å². The van der Waals surface area contributed by atoms with Crippen LogP contribution in [-0.2, 0) is 4.79 Å². The molecule has 1 aromatic carbocycles. The first kappa shape index (κ1) is 16.3. The molecule has 5 nitrogen and oxygen atoms in total. The van der Waals surface area contributed by atoms with Gasteiger partial charge in [0.05, 0.1) is 17.6 Å². The fourth-order valence-corrected chi connectivity index (χ4v) is 3.91. The van der Waals surface area contributed by atoms with E-state index >= 15 is 0 Å². The van der Waals surface area contributed by atoms with E-state index in [1.165, 1.54) is 7.11 Å². The fraction of sp³-hybridized carbons (Fsp3) is 0.375. The van der Waals surface area contributed by atoms with Crippen molar-refractivity contribution < 1.29 is 14.6 Å². The Morgan fingerprint density at radius 2 is 2.17 bits per heavy atom. The van der Waals surface area contributed by atoms with Gasteiger partial charge in [0, 0.05) is 24.7 Å². The first-order valence-corrected chi connectivity index (χ1v) is 8.51. The molecular formula is C16H17BrN2O3S. The van der Waals surface area contributed by atoms with Crippen molar-refractivity contribution in [1.29, 1.82) is 0 Å². The lowest BCUT2D eigenvalue weighted by Crippen LogP contribution is -2.47. The highest BCUT2D eigenvalue weighted by atomic mass is 79.9. The Balaban J connectivity index is 2.15. The van der Waals surface area contributed by atoms with Crippen LogP contribution in [0.25, 0.3) is 0 Å². The molecule has 1 unspecified atom stereocenters. The highest BCUT2D eigenvalue weighted by molar-refractivity contribution is 9.10. The first-order chi connectivity index (χ1) is 11.0. The molecule has 2 aliphatic rings. The molecule has 3 rings (SSSR count). The molecule has 1 aliphatic carbocycles. The maximum Gasteiger partial charge on any atom is 0.173 e. The van der Waals surface area contributed by atoms with Crippen LogP contribution in [0.4, 0.5) is 0 Å². The quantitative estimate of drug-likeness (QED) is 0.749. The molecule has 23 heavy (non-hydrogen) atoms. The summed E-state index contributed by atoms with van der Waals surface area (Å²) in [6.07, 6.45) is 2.21. The molecule has 0 saturated carbocycles. The Morgan fingerprint density at radius 3 is 2.87 bits per heavy atom. The van der Waals surface area contributed by atoms with E-state index in [4.69, 9.17) is 17.0 Å². The average Bonchev–Trinajstić information content (AvgIpc) is 2.54. The monoisotopic (exact) mass is 396 g/mol. The van der Waals surface area contributed by atoms with Crippen molar-refractivity contribution >= 4 is 39.0 Å². The second kappa shape index (κ2) is 6.13. The Hall–Kier alpha value is -1.60. The van der Waals surface area contributed by atoms with Gasteiger partial charge in [0.25, 0.3) is 0 Å². The highest BCUT2D eigenvalue weighted by Crippen LogP contribution is 2.44. The van der Waals surface area contributed by atoms with Gasteiger partial charge in [-0.1, -0.05) is 6.07 Å². The van der Waals surface area contributed by atoms with Gasteiger partial charge in [0.1, 0.15) is 0 Å². The summed E-state index contributed by atoms with van der Waals surface area (Å²) in [7, 11) is 3.37. The van der Waals surface area contributed by atoms with Gasteiger partial charge in [0.15, 0.2) is 22.4 Å². The summed E-state index contributed by atoms with van der Waals surface area (Å²) < 4.78 is 5.63. The van der Waals surface area contributed by atoms with E-state index in [1.807, 2.05) is 18.0 Å². The van der Waals surface area contributed by atoms with Crippen molar-refractivity contribution in [2.75, 3.05) is 14.2 Å². The number of methoxy groups -OCH3 is 1. The minimum atomic E-state index is -0.368. The van der Waals surface area contributed by atoms with Crippen molar-refractivity contribution in [3.05, 3.63) is 33.4 Å². The zero-order valence-corrected chi connectivity index (χ0v) is 15.3. The van der Waals surface area contributed by atoms with Gasteiger partial charge in [-0.2, -0.15) is 0 Å². The van der Waals surface area contributed by atoms with Crippen molar-refractivity contribution in [2.45, 2.75) is 25.3 Å². The van der Waals surface area contributed by atoms with Crippen LogP contribution in [0, 0.1) is 0 Å². The zero-order valence-electron chi connectivity index (χ0n) is 12.9. The summed E-state index contributed by atoms with van der Waals surface area (Å²) >= 11 is 8.82. The summed E-state index contributed by atoms with van der Waals surface area (Å²) in [5.41, 5.74) is 2.47. The van der Waals surface area contributed by atoms with Crippen molar-refractivity contribution in [1.82, 2.24) is 10.2 Å². The summed E-state index contributed by atoms with van der Waals surface area (Å²) in [5, 5.41) is 14.0. The number of Topliss-reactive ketones (excluding diaryl/α,β-unsaturated/α-hetero) is 1. The molecule has 0 amide bonds. The van der Waals surface area contributed by atoms with Crippen LogP contribution in [-0.4, -0.2) is 35.1 Å². The fourth-order valence-electron chi connectivity index (χ4n) is 3.12. The number of ketones is 1. The minimum Gasteiger partial charge on any atom is -0.503 e. The van der Waals surface area contributed by atoms with Gasteiger partial charge in [-0.15, -0.1) is 0 Å². The van der Waals surface area contributed by atoms with E-state index in [-0.39, 0.29) is 17.6 Å². The van der Waals surface area contributed by atoms with Gasteiger partial charge >= 0.3 is 0 Å². The van der Waals surface area contributed by atoms with Crippen molar-refractivity contribution in [3.63, 3.8) is 0 Å². The van der Waals surface area contributed by atoms with Gasteiger partial charge in [-0.05, 0) is 52.6 Å². The highest BCUT2D eigenvalue weighted by Gasteiger charge is 2.37. The Bertz CT molecular complexity index is 732. The van der Waals surface area contributed by atoms with E-state index in [1.54, 1.807) is 6.07 Å². The third-order valence-electron chi connectivity index (χ3n) is 4.33. The molecule has 7 heteroatoms. The van der Waals surface area contributed by atoms with E-state index < -0.39 is 0 Å². The number of hydrogen-bond acceptors (Lipinski definition) is 4. The Morgan fingerprint density at radius 1 is 1.43 bits per heavy atom. The number of allylic oxidation sites excluding steroid dienone is 1. The molecule has 1 heterocycles. The number of nitrogens with zero attached hydrogens (tertiary/aromatic N) is 1. The van der Waals surface area contributed by atoms with Crippen LogP contribution in [0.2, 0.25) is 0 Å². The Kier molecular flexibility index (Phi) is 4.33. The van der Waals surface area contributed by atoms with Crippen molar-refractivity contribution in [2.24, 2.45) is 0 Å². The lowest BCUT2D eigenvalue weighted by atomic mass is 9.85. The largest absolute Gasteiger partial charge is 0.503 e. The molecule has 122 valence electrons. The maximum absolute atomic E-state index is 12.5. The number of carbonyl (C=O) groups excluding carboxylic acids is 1. The third-order valence-corrected chi connectivity index (χ3v) is 5.56. The number of rotatable bonds is 2. The minimum absolute atomic E-state index is 0.0158. The SMILES string of the molecule is COc1ccc(C2NC(=S)N(C)C3=C2C(=O)CCC3)c(Br)c1O. The molecule has 0 radical (unpaired) electrons. The maximum atomic E-state index is 12.5. The molecule has 0 spiro atoms. The van der Waals surface area contributed by atoms with Crippen LogP contribution in [0.3, 0.4) is 0 Å². The summed E-state index contributed by atoms with van der Waals surface area (Å²) in [6.45, 7) is 0. The standard InChI is InChI=1S/C16H17BrN2O3S/c1-19-9-4-3-5-10(20)12(9)14(18-16(19)23)8-6-7-11(22-2)15(21)13(8)17/h6-7,14,21H,3-5H2,1-2H3,(H,18,23). The molecule has 1 aromatic rings.